The first kappa shape index (κ1) is 14.0. The summed E-state index contributed by atoms with van der Waals surface area (Å²) < 4.78 is 18.6. The zero-order valence-electron chi connectivity index (χ0n) is 9.10. The lowest BCUT2D eigenvalue weighted by atomic mass is 10.3. The summed E-state index contributed by atoms with van der Waals surface area (Å²) in [4.78, 5) is 14.2. The van der Waals surface area contributed by atoms with Gasteiger partial charge in [0.2, 0.25) is 5.82 Å². The summed E-state index contributed by atoms with van der Waals surface area (Å²) in [6.07, 6.45) is 0. The molecule has 0 aliphatic carbocycles. The highest BCUT2D eigenvalue weighted by atomic mass is 35.5. The van der Waals surface area contributed by atoms with E-state index in [1.54, 1.807) is 0 Å². The highest BCUT2D eigenvalue weighted by Crippen LogP contribution is 2.33. The van der Waals surface area contributed by atoms with Gasteiger partial charge in [-0.25, -0.2) is 0 Å². The number of aromatic nitrogens is 1. The van der Waals surface area contributed by atoms with E-state index in [-0.39, 0.29) is 22.0 Å². The molecule has 100 valence electrons. The average Bonchev–Trinajstić information content (AvgIpc) is 2.69. The summed E-state index contributed by atoms with van der Waals surface area (Å²) in [5, 5.41) is 10.9. The lowest BCUT2D eigenvalue weighted by molar-refractivity contribution is -0.387. The Labute approximate surface area is 120 Å². The first-order chi connectivity index (χ1) is 9.01. The van der Waals surface area contributed by atoms with Crippen molar-refractivity contribution in [2.24, 2.45) is 0 Å². The van der Waals surface area contributed by atoms with E-state index in [2.05, 4.69) is 4.98 Å². The van der Waals surface area contributed by atoms with Crippen molar-refractivity contribution in [3.05, 3.63) is 44.2 Å². The van der Waals surface area contributed by atoms with Crippen molar-refractivity contribution < 1.29 is 14.1 Å². The van der Waals surface area contributed by atoms with Crippen LogP contribution in [0.2, 0.25) is 5.15 Å². The zero-order chi connectivity index (χ0) is 14.0. The number of ether oxygens (including phenoxy) is 1. The molecule has 0 amide bonds. The fraction of sp³-hybridized carbons (Fsp3) is 0.100. The molecular weight excluding hydrogens is 318 g/mol. The first-order valence-electron chi connectivity index (χ1n) is 4.84. The van der Waals surface area contributed by atoms with Crippen LogP contribution in [0, 0.1) is 15.9 Å². The summed E-state index contributed by atoms with van der Waals surface area (Å²) in [5.74, 6) is -0.702. The van der Waals surface area contributed by atoms with Crippen LogP contribution in [0.4, 0.5) is 10.1 Å². The molecule has 0 unspecified atom stereocenters. The third-order valence-electron chi connectivity index (χ3n) is 2.07. The summed E-state index contributed by atoms with van der Waals surface area (Å²) >= 11 is 12.5. The molecule has 1 aromatic carbocycles. The second-order valence-electron chi connectivity index (χ2n) is 3.30. The molecular formula is C10H5Cl2FN2O3S. The Balaban J connectivity index is 2.23. The number of rotatable bonds is 4. The molecule has 9 heteroatoms. The minimum absolute atomic E-state index is 0.0923. The van der Waals surface area contributed by atoms with E-state index in [0.717, 1.165) is 23.5 Å². The second kappa shape index (κ2) is 5.68. The van der Waals surface area contributed by atoms with Gasteiger partial charge >= 0.3 is 5.69 Å². The summed E-state index contributed by atoms with van der Waals surface area (Å²) in [5.41, 5.74) is -0.619. The molecule has 2 rings (SSSR count). The number of hydrogen-bond acceptors (Lipinski definition) is 5. The number of halogens is 3. The Morgan fingerprint density at radius 3 is 2.79 bits per heavy atom. The Bertz CT molecular complexity index is 635. The smallest absolute Gasteiger partial charge is 0.305 e. The van der Waals surface area contributed by atoms with Crippen LogP contribution in [0.25, 0.3) is 0 Å². The van der Waals surface area contributed by atoms with Crippen molar-refractivity contribution in [2.75, 3.05) is 0 Å². The van der Waals surface area contributed by atoms with Crippen molar-refractivity contribution in [1.29, 1.82) is 0 Å². The van der Waals surface area contributed by atoms with Gasteiger partial charge in [-0.1, -0.05) is 22.9 Å². The fourth-order valence-electron chi connectivity index (χ4n) is 1.24. The molecule has 2 aromatic rings. The third-order valence-corrected chi connectivity index (χ3v) is 3.86. The molecule has 0 aliphatic heterocycles. The molecule has 0 saturated heterocycles. The lowest BCUT2D eigenvalue weighted by Gasteiger charge is -2.01. The predicted octanol–water partition coefficient (Wildman–Crippen LogP) is 4.37. The van der Waals surface area contributed by atoms with Crippen LogP contribution in [0.15, 0.2) is 18.2 Å². The van der Waals surface area contributed by atoms with Gasteiger partial charge in [-0.15, -0.1) is 11.6 Å². The normalized spacial score (nSPS) is 10.5. The maximum Gasteiger partial charge on any atom is 0.305 e. The Morgan fingerprint density at radius 1 is 1.53 bits per heavy atom. The summed E-state index contributed by atoms with van der Waals surface area (Å²) in [6, 6.07) is 3.20. The highest BCUT2D eigenvalue weighted by molar-refractivity contribution is 7.14. The van der Waals surface area contributed by atoms with Crippen molar-refractivity contribution >= 4 is 40.2 Å². The van der Waals surface area contributed by atoms with E-state index in [9.17, 15) is 14.5 Å². The van der Waals surface area contributed by atoms with Gasteiger partial charge in [0.25, 0.3) is 5.19 Å². The molecule has 0 N–H and O–H groups in total. The van der Waals surface area contributed by atoms with Gasteiger partial charge in [0.15, 0.2) is 0 Å². The van der Waals surface area contributed by atoms with E-state index in [1.807, 2.05) is 0 Å². The summed E-state index contributed by atoms with van der Waals surface area (Å²) in [6.45, 7) is 0. The van der Waals surface area contributed by atoms with Gasteiger partial charge < -0.3 is 4.74 Å². The quantitative estimate of drug-likeness (QED) is 0.476. The van der Waals surface area contributed by atoms with Crippen LogP contribution in [-0.4, -0.2) is 9.91 Å². The molecule has 0 aliphatic rings. The van der Waals surface area contributed by atoms with Gasteiger partial charge in [-0.05, 0) is 6.07 Å². The van der Waals surface area contributed by atoms with Crippen LogP contribution < -0.4 is 4.74 Å². The monoisotopic (exact) mass is 322 g/mol. The minimum atomic E-state index is -0.984. The van der Waals surface area contributed by atoms with E-state index in [0.29, 0.717) is 4.88 Å². The standard InChI is InChI=1S/C10H5Cl2FN2O3S/c11-4-8-9(12)14-10(19-8)18-5-1-2-7(15(16)17)6(13)3-5/h1-3H,4H2. The van der Waals surface area contributed by atoms with E-state index in [4.69, 9.17) is 27.9 Å². The van der Waals surface area contributed by atoms with Gasteiger partial charge in [-0.3, -0.25) is 10.1 Å². The maximum absolute atomic E-state index is 13.4. The van der Waals surface area contributed by atoms with Crippen molar-refractivity contribution in [3.63, 3.8) is 0 Å². The van der Waals surface area contributed by atoms with Crippen LogP contribution >= 0.6 is 34.5 Å². The topological polar surface area (TPSA) is 65.3 Å². The average molecular weight is 323 g/mol. The van der Waals surface area contributed by atoms with Gasteiger partial charge in [0.05, 0.1) is 15.7 Å². The van der Waals surface area contributed by atoms with Crippen molar-refractivity contribution in [2.45, 2.75) is 5.88 Å². The van der Waals surface area contributed by atoms with Gasteiger partial charge in [0.1, 0.15) is 10.9 Å². The Hall–Kier alpha value is -1.44. The molecule has 0 saturated carbocycles. The summed E-state index contributed by atoms with van der Waals surface area (Å²) in [7, 11) is 0. The molecule has 0 atom stereocenters. The van der Waals surface area contributed by atoms with E-state index >= 15 is 0 Å². The van der Waals surface area contributed by atoms with Crippen molar-refractivity contribution in [1.82, 2.24) is 4.98 Å². The highest BCUT2D eigenvalue weighted by Gasteiger charge is 2.16. The van der Waals surface area contributed by atoms with Crippen molar-refractivity contribution in [3.8, 4) is 10.9 Å². The third kappa shape index (κ3) is 3.12. The van der Waals surface area contributed by atoms with Gasteiger partial charge in [0, 0.05) is 12.1 Å². The van der Waals surface area contributed by atoms with Crippen LogP contribution in [0.1, 0.15) is 4.88 Å². The fourth-order valence-corrected chi connectivity index (χ4v) is 2.58. The van der Waals surface area contributed by atoms with Crippen LogP contribution in [0.3, 0.4) is 0 Å². The number of nitrogens with zero attached hydrogens (tertiary/aromatic N) is 2. The number of alkyl halides is 1. The minimum Gasteiger partial charge on any atom is -0.431 e. The van der Waals surface area contributed by atoms with E-state index in [1.165, 1.54) is 6.07 Å². The maximum atomic E-state index is 13.4. The van der Waals surface area contributed by atoms with Crippen LogP contribution in [-0.2, 0) is 5.88 Å². The molecule has 0 spiro atoms. The molecule has 19 heavy (non-hydrogen) atoms. The largest absolute Gasteiger partial charge is 0.431 e. The SMILES string of the molecule is O=[N+]([O-])c1ccc(Oc2nc(Cl)c(CCl)s2)cc1F. The number of nitro benzene ring substituents is 1. The lowest BCUT2D eigenvalue weighted by Crippen LogP contribution is -1.93. The molecule has 0 radical (unpaired) electrons. The van der Waals surface area contributed by atoms with E-state index < -0.39 is 16.4 Å². The number of benzene rings is 1. The second-order valence-corrected chi connectivity index (χ2v) is 4.97. The molecule has 1 heterocycles. The number of nitro groups is 1. The molecule has 0 fully saturated rings. The Kier molecular flexibility index (Phi) is 4.18. The molecule has 0 bridgehead atoms. The van der Waals surface area contributed by atoms with Gasteiger partial charge in [-0.2, -0.15) is 9.37 Å². The van der Waals surface area contributed by atoms with Crippen LogP contribution in [0.5, 0.6) is 10.9 Å². The number of hydrogen-bond donors (Lipinski definition) is 0. The zero-order valence-corrected chi connectivity index (χ0v) is 11.4. The first-order valence-corrected chi connectivity index (χ1v) is 6.57. The Morgan fingerprint density at radius 2 is 2.26 bits per heavy atom. The number of thiazole rings is 1. The molecule has 1 aromatic heterocycles. The molecule has 5 nitrogen and oxygen atoms in total. The predicted molar refractivity (Wildman–Crippen MR) is 69.8 cm³/mol.